The minimum atomic E-state index is -0.402. The van der Waals surface area contributed by atoms with Crippen LogP contribution in [0.4, 0.5) is 0 Å². The van der Waals surface area contributed by atoms with Gasteiger partial charge in [-0.1, -0.05) is 42.8 Å². The van der Waals surface area contributed by atoms with E-state index in [2.05, 4.69) is 9.97 Å². The molecule has 0 unspecified atom stereocenters. The maximum absolute atomic E-state index is 13.6. The molecule has 0 fully saturated rings. The Bertz CT molecular complexity index is 1230. The number of likely N-dealkylation sites (N-methyl/N-ethyl adjacent to an activating group) is 1. The summed E-state index contributed by atoms with van der Waals surface area (Å²) in [5.74, 6) is -0.159. The fraction of sp³-hybridized carbons (Fsp3) is 0.379. The van der Waals surface area contributed by atoms with Crippen molar-refractivity contribution in [1.29, 1.82) is 0 Å². The number of hydrogen-bond acceptors (Lipinski definition) is 6. The normalized spacial score (nSPS) is 18.3. The average molecular weight is 503 g/mol. The quantitative estimate of drug-likeness (QED) is 0.532. The van der Waals surface area contributed by atoms with Gasteiger partial charge in [0.05, 0.1) is 25.6 Å². The molecule has 37 heavy (non-hydrogen) atoms. The highest BCUT2D eigenvalue weighted by atomic mass is 16.5. The van der Waals surface area contributed by atoms with Gasteiger partial charge in [0, 0.05) is 43.7 Å². The lowest BCUT2D eigenvalue weighted by molar-refractivity contribution is -0.130. The van der Waals surface area contributed by atoms with E-state index in [9.17, 15) is 14.7 Å². The number of nitrogens with zero attached hydrogens (tertiary/aromatic N) is 4. The van der Waals surface area contributed by atoms with Crippen molar-refractivity contribution in [2.45, 2.75) is 39.3 Å². The Labute approximate surface area is 217 Å². The van der Waals surface area contributed by atoms with Crippen molar-refractivity contribution in [1.82, 2.24) is 19.8 Å². The molecular formula is C29H34N4O4. The molecule has 1 aromatic carbocycles. The van der Waals surface area contributed by atoms with E-state index in [4.69, 9.17) is 4.74 Å². The van der Waals surface area contributed by atoms with Gasteiger partial charge in [0.25, 0.3) is 5.91 Å². The molecular weight excluding hydrogens is 468 g/mol. The second-order valence-corrected chi connectivity index (χ2v) is 9.88. The van der Waals surface area contributed by atoms with Crippen molar-refractivity contribution >= 4 is 11.8 Å². The van der Waals surface area contributed by atoms with Gasteiger partial charge >= 0.3 is 0 Å². The first-order chi connectivity index (χ1) is 17.8. The molecule has 8 heteroatoms. The van der Waals surface area contributed by atoms with Crippen LogP contribution in [0.2, 0.25) is 0 Å². The lowest BCUT2D eigenvalue weighted by Crippen LogP contribution is -2.50. The van der Waals surface area contributed by atoms with Gasteiger partial charge in [0.1, 0.15) is 11.7 Å². The molecule has 0 saturated carbocycles. The second kappa shape index (κ2) is 11.5. The Morgan fingerprint density at radius 1 is 1.22 bits per heavy atom. The third kappa shape index (κ3) is 6.14. The summed E-state index contributed by atoms with van der Waals surface area (Å²) in [5.41, 5.74) is 4.09. The summed E-state index contributed by atoms with van der Waals surface area (Å²) in [4.78, 5) is 38.5. The molecule has 8 nitrogen and oxygen atoms in total. The molecule has 1 aliphatic rings. The number of amides is 2. The highest BCUT2D eigenvalue weighted by molar-refractivity contribution is 5.98. The van der Waals surface area contributed by atoms with Crippen molar-refractivity contribution in [3.05, 3.63) is 77.7 Å². The van der Waals surface area contributed by atoms with Crippen molar-refractivity contribution in [3.8, 4) is 17.0 Å². The largest absolute Gasteiger partial charge is 0.472 e. The molecule has 3 atom stereocenters. The van der Waals surface area contributed by atoms with Gasteiger partial charge in [0.2, 0.25) is 11.8 Å². The van der Waals surface area contributed by atoms with E-state index in [1.54, 1.807) is 41.5 Å². The van der Waals surface area contributed by atoms with Gasteiger partial charge in [-0.3, -0.25) is 14.6 Å². The molecule has 194 valence electrons. The van der Waals surface area contributed by atoms with Crippen molar-refractivity contribution in [3.63, 3.8) is 0 Å². The summed E-state index contributed by atoms with van der Waals surface area (Å²) in [6.07, 6.45) is 4.91. The predicted octanol–water partition coefficient (Wildman–Crippen LogP) is 3.37. The number of carbonyl (C=O) groups is 2. The number of aliphatic hydroxyl groups excluding tert-OH is 1. The summed E-state index contributed by atoms with van der Waals surface area (Å²) < 4.78 is 6.33. The highest BCUT2D eigenvalue weighted by Gasteiger charge is 2.34. The zero-order valence-corrected chi connectivity index (χ0v) is 21.8. The second-order valence-electron chi connectivity index (χ2n) is 9.88. The van der Waals surface area contributed by atoms with Gasteiger partial charge < -0.3 is 19.6 Å². The Kier molecular flexibility index (Phi) is 8.18. The Balaban J connectivity index is 1.63. The Morgan fingerprint density at radius 3 is 2.65 bits per heavy atom. The predicted molar refractivity (Wildman–Crippen MR) is 141 cm³/mol. The standard InChI is InChI=1S/C29H34N4O4/c1-19-7-9-23(10-8-19)24-13-25-28(31-15-24)37-26(20(2)16-33(29(25)36)21(3)18-34)17-32(4)27(35)12-22-6-5-11-30-14-22/h5-11,13-15,20-21,26,34H,12,16-18H2,1-4H3/t20-,21+,26+/m0/s1. The van der Waals surface area contributed by atoms with Gasteiger partial charge in [-0.25, -0.2) is 4.98 Å². The third-order valence-corrected chi connectivity index (χ3v) is 6.86. The van der Waals surface area contributed by atoms with E-state index < -0.39 is 6.10 Å². The first-order valence-electron chi connectivity index (χ1n) is 12.5. The van der Waals surface area contributed by atoms with Gasteiger partial charge in [0.15, 0.2) is 0 Å². The molecule has 4 rings (SSSR count). The van der Waals surface area contributed by atoms with Crippen LogP contribution >= 0.6 is 0 Å². The molecule has 0 radical (unpaired) electrons. The number of fused-ring (bicyclic) bond motifs is 1. The van der Waals surface area contributed by atoms with Crippen molar-refractivity contribution in [2.75, 3.05) is 26.7 Å². The van der Waals surface area contributed by atoms with Crippen LogP contribution in [0.1, 0.15) is 35.3 Å². The molecule has 3 heterocycles. The van der Waals surface area contributed by atoms with E-state index in [0.717, 1.165) is 22.3 Å². The number of hydrogen-bond donors (Lipinski definition) is 1. The monoisotopic (exact) mass is 502 g/mol. The van der Waals surface area contributed by atoms with Gasteiger partial charge in [-0.15, -0.1) is 0 Å². The van der Waals surface area contributed by atoms with E-state index in [0.29, 0.717) is 18.7 Å². The van der Waals surface area contributed by atoms with Crippen LogP contribution in [0.15, 0.2) is 61.1 Å². The molecule has 0 aliphatic carbocycles. The van der Waals surface area contributed by atoms with Gasteiger partial charge in [-0.2, -0.15) is 0 Å². The Morgan fingerprint density at radius 2 is 1.97 bits per heavy atom. The molecule has 2 amide bonds. The number of benzene rings is 1. The summed E-state index contributed by atoms with van der Waals surface area (Å²) >= 11 is 0. The Hall–Kier alpha value is -3.78. The van der Waals surface area contributed by atoms with E-state index in [-0.39, 0.29) is 42.7 Å². The highest BCUT2D eigenvalue weighted by Crippen LogP contribution is 2.30. The molecule has 0 saturated heterocycles. The number of carbonyl (C=O) groups excluding carboxylic acids is 2. The van der Waals surface area contributed by atoms with Crippen molar-refractivity contribution < 1.29 is 19.4 Å². The number of pyridine rings is 2. The fourth-order valence-corrected chi connectivity index (χ4v) is 4.41. The zero-order valence-electron chi connectivity index (χ0n) is 21.8. The van der Waals surface area contributed by atoms with E-state index in [1.165, 1.54) is 0 Å². The SMILES string of the molecule is Cc1ccc(-c2cnc3c(c2)C(=O)N([C@H](C)CO)C[C@H](C)[C@@H](CN(C)C(=O)Cc2cccnc2)O3)cc1. The fourth-order valence-electron chi connectivity index (χ4n) is 4.41. The van der Waals surface area contributed by atoms with Crippen LogP contribution in [0.25, 0.3) is 11.1 Å². The maximum Gasteiger partial charge on any atom is 0.259 e. The number of aryl methyl sites for hydroxylation is 1. The lowest BCUT2D eigenvalue weighted by Gasteiger charge is -2.37. The van der Waals surface area contributed by atoms with E-state index in [1.807, 2.05) is 57.2 Å². The topological polar surface area (TPSA) is 95.9 Å². The minimum absolute atomic E-state index is 0.0505. The first-order valence-corrected chi connectivity index (χ1v) is 12.5. The van der Waals surface area contributed by atoms with Gasteiger partial charge in [-0.05, 0) is 37.1 Å². The van der Waals surface area contributed by atoms with E-state index >= 15 is 0 Å². The summed E-state index contributed by atoms with van der Waals surface area (Å²) in [6.45, 7) is 6.38. The summed E-state index contributed by atoms with van der Waals surface area (Å²) in [5, 5.41) is 9.89. The number of rotatable bonds is 7. The molecule has 3 aromatic rings. The van der Waals surface area contributed by atoms with Crippen LogP contribution in [-0.4, -0.2) is 75.6 Å². The number of aliphatic hydroxyl groups is 1. The smallest absolute Gasteiger partial charge is 0.259 e. The number of aromatic nitrogens is 2. The first kappa shape index (κ1) is 26.3. The molecule has 1 aliphatic heterocycles. The molecule has 2 aromatic heterocycles. The molecule has 0 bridgehead atoms. The van der Waals surface area contributed by atoms with Crippen LogP contribution < -0.4 is 4.74 Å². The number of ether oxygens (including phenoxy) is 1. The maximum atomic E-state index is 13.6. The van der Waals surface area contributed by atoms with Crippen molar-refractivity contribution in [2.24, 2.45) is 5.92 Å². The summed E-state index contributed by atoms with van der Waals surface area (Å²) in [7, 11) is 1.75. The van der Waals surface area contributed by atoms with Crippen LogP contribution in [0, 0.1) is 12.8 Å². The minimum Gasteiger partial charge on any atom is -0.472 e. The lowest BCUT2D eigenvalue weighted by atomic mass is 9.99. The summed E-state index contributed by atoms with van der Waals surface area (Å²) in [6, 6.07) is 13.1. The molecule has 1 N–H and O–H groups in total. The average Bonchev–Trinajstić information content (AvgIpc) is 2.91. The van der Waals surface area contributed by atoms with Crippen LogP contribution in [-0.2, 0) is 11.2 Å². The van der Waals surface area contributed by atoms with Crippen LogP contribution in [0.5, 0.6) is 5.88 Å². The van der Waals surface area contributed by atoms with Crippen LogP contribution in [0.3, 0.4) is 0 Å². The molecule has 0 spiro atoms. The third-order valence-electron chi connectivity index (χ3n) is 6.86. The zero-order chi connectivity index (χ0) is 26.5.